The molecule has 3 aromatic heterocycles. The van der Waals surface area contributed by atoms with Crippen molar-refractivity contribution in [3.05, 3.63) is 90.0 Å². The van der Waals surface area contributed by atoms with Crippen molar-refractivity contribution in [3.63, 3.8) is 0 Å². The van der Waals surface area contributed by atoms with Gasteiger partial charge in [-0.15, -0.1) is 5.10 Å². The maximum atomic E-state index is 15.7. The summed E-state index contributed by atoms with van der Waals surface area (Å²) in [4.78, 5) is 24.7. The minimum absolute atomic E-state index is 0.0658. The molecule has 196 valence electrons. The van der Waals surface area contributed by atoms with E-state index >= 15 is 4.39 Å². The summed E-state index contributed by atoms with van der Waals surface area (Å²) in [6.45, 7) is 1.30. The number of piperidine rings is 1. The Morgan fingerprint density at radius 2 is 2.08 bits per heavy atom. The molecule has 0 spiro atoms. The molecule has 1 aliphatic heterocycles. The molecular weight excluding hydrogens is 497 g/mol. The van der Waals surface area contributed by atoms with E-state index in [4.69, 9.17) is 0 Å². The van der Waals surface area contributed by atoms with Crippen LogP contribution in [0.4, 0.5) is 10.2 Å². The van der Waals surface area contributed by atoms with E-state index in [1.807, 2.05) is 24.3 Å². The molecule has 9 nitrogen and oxygen atoms in total. The van der Waals surface area contributed by atoms with Gasteiger partial charge in [0.2, 0.25) is 0 Å². The van der Waals surface area contributed by atoms with Crippen molar-refractivity contribution in [2.24, 2.45) is 0 Å². The van der Waals surface area contributed by atoms with Crippen LogP contribution in [0.2, 0.25) is 0 Å². The summed E-state index contributed by atoms with van der Waals surface area (Å²) in [5.74, 6) is -0.693. The van der Waals surface area contributed by atoms with Gasteiger partial charge in [-0.25, -0.2) is 14.4 Å². The third kappa shape index (κ3) is 4.64. The van der Waals surface area contributed by atoms with Crippen LogP contribution >= 0.6 is 0 Å². The number of pyridine rings is 2. The van der Waals surface area contributed by atoms with Gasteiger partial charge in [0.1, 0.15) is 17.2 Å². The summed E-state index contributed by atoms with van der Waals surface area (Å²) >= 11 is 0. The average molecular weight is 524 g/mol. The maximum absolute atomic E-state index is 15.7. The van der Waals surface area contributed by atoms with Crippen LogP contribution in [0, 0.1) is 5.82 Å². The molecule has 1 fully saturated rings. The number of carbonyl (C=O) groups is 1. The SMILES string of the molecule is O=C(c1ccc(-n2nnc3cccnc32)cc1F)N(c1nccc2cccc(C=CCO)c12)[C@@H]1CCCNC1. The first-order valence-corrected chi connectivity index (χ1v) is 12.8. The minimum atomic E-state index is -0.675. The van der Waals surface area contributed by atoms with Crippen molar-refractivity contribution in [1.82, 2.24) is 30.3 Å². The molecule has 1 amide bonds. The summed E-state index contributed by atoms with van der Waals surface area (Å²) in [7, 11) is 0. The number of halogens is 1. The number of aliphatic hydroxyl groups is 1. The van der Waals surface area contributed by atoms with E-state index < -0.39 is 11.7 Å². The van der Waals surface area contributed by atoms with Crippen LogP contribution in [0.5, 0.6) is 0 Å². The Morgan fingerprint density at radius 3 is 2.90 bits per heavy atom. The number of nitrogens with one attached hydrogen (secondary N) is 1. The molecule has 0 aliphatic carbocycles. The number of aromatic nitrogens is 5. The van der Waals surface area contributed by atoms with Crippen LogP contribution in [0.3, 0.4) is 0 Å². The van der Waals surface area contributed by atoms with Gasteiger partial charge in [0, 0.05) is 30.4 Å². The summed E-state index contributed by atoms with van der Waals surface area (Å²) in [6, 6.07) is 15.4. The Balaban J connectivity index is 1.46. The maximum Gasteiger partial charge on any atom is 0.262 e. The van der Waals surface area contributed by atoms with Crippen LogP contribution in [0.15, 0.2) is 73.1 Å². The van der Waals surface area contributed by atoms with Crippen molar-refractivity contribution in [1.29, 1.82) is 0 Å². The second-order valence-corrected chi connectivity index (χ2v) is 9.35. The molecule has 0 saturated carbocycles. The quantitative estimate of drug-likeness (QED) is 0.347. The highest BCUT2D eigenvalue weighted by Gasteiger charge is 2.32. The molecule has 2 aromatic carbocycles. The van der Waals surface area contributed by atoms with E-state index in [9.17, 15) is 9.90 Å². The number of hydrogen-bond donors (Lipinski definition) is 2. The van der Waals surface area contributed by atoms with Crippen LogP contribution < -0.4 is 10.2 Å². The van der Waals surface area contributed by atoms with Crippen LogP contribution in [0.1, 0.15) is 28.8 Å². The van der Waals surface area contributed by atoms with Gasteiger partial charge in [-0.2, -0.15) is 4.68 Å². The zero-order chi connectivity index (χ0) is 26.8. The fourth-order valence-corrected chi connectivity index (χ4v) is 5.11. The van der Waals surface area contributed by atoms with E-state index in [1.165, 1.54) is 16.8 Å². The van der Waals surface area contributed by atoms with Crippen LogP contribution in [-0.2, 0) is 0 Å². The molecule has 4 heterocycles. The van der Waals surface area contributed by atoms with Crippen molar-refractivity contribution in [2.45, 2.75) is 18.9 Å². The highest BCUT2D eigenvalue weighted by atomic mass is 19.1. The van der Waals surface area contributed by atoms with E-state index in [2.05, 4.69) is 25.6 Å². The molecule has 2 N–H and O–H groups in total. The standard InChI is InChI=1S/C29H26FN7O2/c30-24-17-21(37-27-25(34-35-37)9-3-14-32-27)10-11-23(24)29(39)36(22-8-2-13-31-18-22)28-26-19(7-4-16-38)5-1-6-20(26)12-15-33-28/h1,3-7,9-12,14-15,17,22,31,38H,2,8,13,16,18H2/t22-/m1/s1. The van der Waals surface area contributed by atoms with Crippen molar-refractivity contribution >= 4 is 39.7 Å². The number of amides is 1. The number of aliphatic hydroxyl groups excluding tert-OH is 1. The molecule has 5 aromatic rings. The zero-order valence-electron chi connectivity index (χ0n) is 21.0. The number of hydrogen-bond acceptors (Lipinski definition) is 7. The molecule has 1 atom stereocenters. The molecule has 39 heavy (non-hydrogen) atoms. The number of carbonyl (C=O) groups excluding carboxylic acids is 1. The summed E-state index contributed by atoms with van der Waals surface area (Å²) in [5.41, 5.74) is 2.24. The van der Waals surface area contributed by atoms with Crippen LogP contribution in [-0.4, -0.2) is 61.7 Å². The van der Waals surface area contributed by atoms with Crippen molar-refractivity contribution in [3.8, 4) is 5.69 Å². The molecule has 0 radical (unpaired) electrons. The van der Waals surface area contributed by atoms with Crippen LogP contribution in [0.25, 0.3) is 33.7 Å². The molecule has 1 saturated heterocycles. The van der Waals surface area contributed by atoms with E-state index in [0.717, 1.165) is 35.7 Å². The summed E-state index contributed by atoms with van der Waals surface area (Å²) in [6.07, 6.45) is 8.36. The summed E-state index contributed by atoms with van der Waals surface area (Å²) < 4.78 is 17.1. The lowest BCUT2D eigenvalue weighted by Crippen LogP contribution is -2.49. The third-order valence-corrected chi connectivity index (χ3v) is 6.93. The predicted octanol–water partition coefficient (Wildman–Crippen LogP) is 3.91. The highest BCUT2D eigenvalue weighted by Crippen LogP contribution is 2.33. The fraction of sp³-hybridized carbons (Fsp3) is 0.207. The minimum Gasteiger partial charge on any atom is -0.392 e. The monoisotopic (exact) mass is 523 g/mol. The smallest absolute Gasteiger partial charge is 0.262 e. The van der Waals surface area contributed by atoms with Gasteiger partial charge >= 0.3 is 0 Å². The zero-order valence-corrected chi connectivity index (χ0v) is 21.0. The first kappa shape index (κ1) is 24.8. The second kappa shape index (κ2) is 10.7. The Labute approximate surface area is 223 Å². The Bertz CT molecular complexity index is 1690. The summed E-state index contributed by atoms with van der Waals surface area (Å²) in [5, 5.41) is 22.6. The van der Waals surface area contributed by atoms with E-state index in [-0.39, 0.29) is 18.2 Å². The number of nitrogens with zero attached hydrogens (tertiary/aromatic N) is 6. The third-order valence-electron chi connectivity index (χ3n) is 6.93. The molecule has 6 rings (SSSR count). The Hall–Kier alpha value is -4.54. The van der Waals surface area contributed by atoms with Gasteiger partial charge in [0.25, 0.3) is 5.91 Å². The largest absolute Gasteiger partial charge is 0.392 e. The van der Waals surface area contributed by atoms with Gasteiger partial charge in [-0.1, -0.05) is 35.6 Å². The molecular formula is C29H26FN7O2. The molecule has 10 heteroatoms. The van der Waals surface area contributed by atoms with Gasteiger partial charge in [0.05, 0.1) is 23.9 Å². The van der Waals surface area contributed by atoms with Gasteiger partial charge < -0.3 is 10.4 Å². The van der Waals surface area contributed by atoms with Gasteiger partial charge in [0.15, 0.2) is 5.65 Å². The normalized spacial score (nSPS) is 15.8. The lowest BCUT2D eigenvalue weighted by Gasteiger charge is -2.35. The first-order valence-electron chi connectivity index (χ1n) is 12.8. The predicted molar refractivity (Wildman–Crippen MR) is 147 cm³/mol. The average Bonchev–Trinajstić information content (AvgIpc) is 3.41. The van der Waals surface area contributed by atoms with Crippen molar-refractivity contribution < 1.29 is 14.3 Å². The fourth-order valence-electron chi connectivity index (χ4n) is 5.11. The number of anilines is 1. The second-order valence-electron chi connectivity index (χ2n) is 9.35. The Kier molecular flexibility index (Phi) is 6.78. The molecule has 0 bridgehead atoms. The van der Waals surface area contributed by atoms with Crippen molar-refractivity contribution in [2.75, 3.05) is 24.6 Å². The lowest BCUT2D eigenvalue weighted by molar-refractivity contribution is 0.0968. The lowest BCUT2D eigenvalue weighted by atomic mass is 10.0. The Morgan fingerprint density at radius 1 is 1.15 bits per heavy atom. The van der Waals surface area contributed by atoms with Gasteiger partial charge in [-0.05, 0) is 60.7 Å². The number of benzene rings is 2. The van der Waals surface area contributed by atoms with E-state index in [1.54, 1.807) is 47.6 Å². The first-order chi connectivity index (χ1) is 19.2. The number of fused-ring (bicyclic) bond motifs is 2. The molecule has 0 unspecified atom stereocenters. The van der Waals surface area contributed by atoms with E-state index in [0.29, 0.717) is 29.2 Å². The highest BCUT2D eigenvalue weighted by molar-refractivity contribution is 6.11. The molecule has 1 aliphatic rings. The topological polar surface area (TPSA) is 109 Å². The van der Waals surface area contributed by atoms with Gasteiger partial charge in [-0.3, -0.25) is 9.69 Å². The number of rotatable bonds is 6.